The number of hydrogen-bond donors (Lipinski definition) is 2. The molecule has 1 unspecified atom stereocenters. The molecule has 0 saturated carbocycles. The molecule has 0 bridgehead atoms. The average Bonchev–Trinajstić information content (AvgIpc) is 2.41. The molecule has 0 aliphatic carbocycles. The van der Waals surface area contributed by atoms with Crippen LogP contribution in [-0.2, 0) is 6.42 Å². The fourth-order valence-corrected chi connectivity index (χ4v) is 2.39. The van der Waals surface area contributed by atoms with Crippen molar-refractivity contribution in [3.05, 3.63) is 64.4 Å². The van der Waals surface area contributed by atoms with Crippen LogP contribution in [0.4, 0.5) is 0 Å². The van der Waals surface area contributed by atoms with E-state index in [0.717, 1.165) is 17.7 Å². The van der Waals surface area contributed by atoms with Gasteiger partial charge in [-0.1, -0.05) is 49.7 Å². The van der Waals surface area contributed by atoms with Gasteiger partial charge in [-0.3, -0.25) is 10.8 Å². The highest BCUT2D eigenvalue weighted by Crippen LogP contribution is 2.22. The summed E-state index contributed by atoms with van der Waals surface area (Å²) in [7, 11) is 0. The van der Waals surface area contributed by atoms with Gasteiger partial charge in [0, 0.05) is 6.20 Å². The number of hydrogen-bond acceptors (Lipinski definition) is 3. The van der Waals surface area contributed by atoms with Crippen LogP contribution in [0.25, 0.3) is 0 Å². The Morgan fingerprint density at radius 1 is 1.25 bits per heavy atom. The molecule has 0 radical (unpaired) electrons. The third kappa shape index (κ3) is 3.79. The molecule has 0 amide bonds. The molecule has 1 aromatic heterocycles. The summed E-state index contributed by atoms with van der Waals surface area (Å²) in [5, 5.41) is 0.623. The number of rotatable bonds is 5. The molecule has 0 saturated heterocycles. The zero-order chi connectivity index (χ0) is 14.5. The van der Waals surface area contributed by atoms with Crippen molar-refractivity contribution in [3.8, 4) is 0 Å². The average molecular weight is 290 g/mol. The third-order valence-electron chi connectivity index (χ3n) is 3.14. The van der Waals surface area contributed by atoms with E-state index in [1.807, 2.05) is 12.1 Å². The van der Waals surface area contributed by atoms with Crippen LogP contribution in [-0.4, -0.2) is 4.98 Å². The monoisotopic (exact) mass is 289 g/mol. The summed E-state index contributed by atoms with van der Waals surface area (Å²) in [5.41, 5.74) is 6.11. The number of halogens is 1. The van der Waals surface area contributed by atoms with Gasteiger partial charge in [0.2, 0.25) is 0 Å². The van der Waals surface area contributed by atoms with Gasteiger partial charge in [0.25, 0.3) is 0 Å². The molecule has 2 rings (SSSR count). The fraction of sp³-hybridized carbons (Fsp3) is 0.312. The fourth-order valence-electron chi connectivity index (χ4n) is 2.28. The number of benzene rings is 1. The molecule has 3 nitrogen and oxygen atoms in total. The maximum absolute atomic E-state index is 5.87. The highest BCUT2D eigenvalue weighted by molar-refractivity contribution is 6.30. The second kappa shape index (κ2) is 6.84. The van der Waals surface area contributed by atoms with E-state index in [1.165, 1.54) is 5.56 Å². The molecule has 1 aromatic carbocycles. The molecule has 4 heteroatoms. The van der Waals surface area contributed by atoms with Crippen molar-refractivity contribution >= 4 is 11.6 Å². The first-order chi connectivity index (χ1) is 9.60. The van der Waals surface area contributed by atoms with Crippen LogP contribution in [0.5, 0.6) is 0 Å². The standard InChI is InChI=1S/C16H20ClN3/c1-11(2)8-12-4-3-5-13(9-12)16(20-18)15-7-6-14(17)10-19-15/h3-7,9-11,16,20H,8,18H2,1-2H3. The van der Waals surface area contributed by atoms with E-state index < -0.39 is 0 Å². The molecule has 20 heavy (non-hydrogen) atoms. The highest BCUT2D eigenvalue weighted by Gasteiger charge is 2.14. The number of pyridine rings is 1. The zero-order valence-corrected chi connectivity index (χ0v) is 12.6. The Labute approximate surface area is 125 Å². The molecule has 0 spiro atoms. The van der Waals surface area contributed by atoms with Crippen molar-refractivity contribution in [2.24, 2.45) is 11.8 Å². The maximum Gasteiger partial charge on any atom is 0.0881 e. The van der Waals surface area contributed by atoms with Crippen molar-refractivity contribution in [3.63, 3.8) is 0 Å². The van der Waals surface area contributed by atoms with Crippen LogP contribution in [0.2, 0.25) is 5.02 Å². The lowest BCUT2D eigenvalue weighted by molar-refractivity contribution is 0.615. The molecular formula is C16H20ClN3. The molecule has 2 aromatic rings. The lowest BCUT2D eigenvalue weighted by Crippen LogP contribution is -2.29. The van der Waals surface area contributed by atoms with Crippen molar-refractivity contribution in [2.75, 3.05) is 0 Å². The van der Waals surface area contributed by atoms with E-state index in [-0.39, 0.29) is 6.04 Å². The number of hydrazine groups is 1. The normalized spacial score (nSPS) is 12.7. The Bertz CT molecular complexity index is 552. The van der Waals surface area contributed by atoms with Gasteiger partial charge in [-0.15, -0.1) is 0 Å². The molecule has 1 heterocycles. The van der Waals surface area contributed by atoms with Crippen LogP contribution in [0.1, 0.15) is 36.7 Å². The molecular weight excluding hydrogens is 270 g/mol. The second-order valence-electron chi connectivity index (χ2n) is 5.34. The Kier molecular flexibility index (Phi) is 5.12. The van der Waals surface area contributed by atoms with Gasteiger partial charge in [-0.05, 0) is 35.6 Å². The van der Waals surface area contributed by atoms with Crippen molar-refractivity contribution in [2.45, 2.75) is 26.3 Å². The second-order valence-corrected chi connectivity index (χ2v) is 5.78. The summed E-state index contributed by atoms with van der Waals surface area (Å²) in [5.74, 6) is 6.33. The first-order valence-corrected chi connectivity index (χ1v) is 7.14. The van der Waals surface area contributed by atoms with Gasteiger partial charge in [0.1, 0.15) is 0 Å². The van der Waals surface area contributed by atoms with Gasteiger partial charge in [0.15, 0.2) is 0 Å². The highest BCUT2D eigenvalue weighted by atomic mass is 35.5. The predicted molar refractivity (Wildman–Crippen MR) is 83.4 cm³/mol. The molecule has 0 fully saturated rings. The van der Waals surface area contributed by atoms with Gasteiger partial charge >= 0.3 is 0 Å². The maximum atomic E-state index is 5.87. The topological polar surface area (TPSA) is 50.9 Å². The van der Waals surface area contributed by atoms with Crippen LogP contribution in [0, 0.1) is 5.92 Å². The molecule has 106 valence electrons. The summed E-state index contributed by atoms with van der Waals surface area (Å²) in [6.07, 6.45) is 2.69. The van der Waals surface area contributed by atoms with Crippen molar-refractivity contribution in [1.82, 2.24) is 10.4 Å². The number of nitrogens with two attached hydrogens (primary N) is 1. The molecule has 3 N–H and O–H groups in total. The Morgan fingerprint density at radius 2 is 2.05 bits per heavy atom. The Morgan fingerprint density at radius 3 is 2.65 bits per heavy atom. The van der Waals surface area contributed by atoms with Crippen LogP contribution in [0.3, 0.4) is 0 Å². The summed E-state index contributed by atoms with van der Waals surface area (Å²) in [6.45, 7) is 4.43. The van der Waals surface area contributed by atoms with E-state index in [2.05, 4.69) is 48.5 Å². The zero-order valence-electron chi connectivity index (χ0n) is 11.8. The van der Waals surface area contributed by atoms with Crippen LogP contribution in [0.15, 0.2) is 42.6 Å². The van der Waals surface area contributed by atoms with Gasteiger partial charge in [-0.25, -0.2) is 5.43 Å². The smallest absolute Gasteiger partial charge is 0.0881 e. The minimum atomic E-state index is -0.126. The number of nitrogens with zero attached hydrogens (tertiary/aromatic N) is 1. The lowest BCUT2D eigenvalue weighted by Gasteiger charge is -2.17. The SMILES string of the molecule is CC(C)Cc1cccc(C(NN)c2ccc(Cl)cn2)c1. The Hall–Kier alpha value is -1.42. The minimum Gasteiger partial charge on any atom is -0.271 e. The van der Waals surface area contributed by atoms with Crippen LogP contribution >= 0.6 is 11.6 Å². The summed E-state index contributed by atoms with van der Waals surface area (Å²) in [6, 6.07) is 12.0. The van der Waals surface area contributed by atoms with Gasteiger partial charge < -0.3 is 0 Å². The third-order valence-corrected chi connectivity index (χ3v) is 3.36. The molecule has 0 aliphatic heterocycles. The van der Waals surface area contributed by atoms with E-state index >= 15 is 0 Å². The largest absolute Gasteiger partial charge is 0.271 e. The molecule has 0 aliphatic rings. The van der Waals surface area contributed by atoms with E-state index in [9.17, 15) is 0 Å². The predicted octanol–water partition coefficient (Wildman–Crippen LogP) is 3.49. The number of aromatic nitrogens is 1. The lowest BCUT2D eigenvalue weighted by atomic mass is 9.97. The van der Waals surface area contributed by atoms with Gasteiger partial charge in [-0.2, -0.15) is 0 Å². The van der Waals surface area contributed by atoms with E-state index in [0.29, 0.717) is 10.9 Å². The van der Waals surface area contributed by atoms with E-state index in [4.69, 9.17) is 17.4 Å². The quantitative estimate of drug-likeness (QED) is 0.654. The first-order valence-electron chi connectivity index (χ1n) is 6.76. The Balaban J connectivity index is 2.29. The first kappa shape index (κ1) is 15.0. The van der Waals surface area contributed by atoms with E-state index in [1.54, 1.807) is 6.20 Å². The van der Waals surface area contributed by atoms with Crippen molar-refractivity contribution < 1.29 is 0 Å². The molecule has 1 atom stereocenters. The minimum absolute atomic E-state index is 0.126. The number of nitrogens with one attached hydrogen (secondary N) is 1. The van der Waals surface area contributed by atoms with Crippen LogP contribution < -0.4 is 11.3 Å². The van der Waals surface area contributed by atoms with Crippen molar-refractivity contribution in [1.29, 1.82) is 0 Å². The summed E-state index contributed by atoms with van der Waals surface area (Å²) >= 11 is 5.87. The summed E-state index contributed by atoms with van der Waals surface area (Å²) in [4.78, 5) is 4.34. The summed E-state index contributed by atoms with van der Waals surface area (Å²) < 4.78 is 0. The van der Waals surface area contributed by atoms with Gasteiger partial charge in [0.05, 0.1) is 16.8 Å².